The fourth-order valence-electron chi connectivity index (χ4n) is 2.17. The maximum Gasteiger partial charge on any atom is 0.220 e. The largest absolute Gasteiger partial charge is 0.353 e. The molecule has 1 amide bonds. The van der Waals surface area contributed by atoms with Gasteiger partial charge < -0.3 is 11.1 Å². The number of amides is 1. The van der Waals surface area contributed by atoms with E-state index in [4.69, 9.17) is 5.73 Å². The Kier molecular flexibility index (Phi) is 6.46. The van der Waals surface area contributed by atoms with E-state index in [1.165, 1.54) is 19.3 Å². The van der Waals surface area contributed by atoms with Crippen LogP contribution in [0.3, 0.4) is 0 Å². The minimum atomic E-state index is 0.229. The smallest absolute Gasteiger partial charge is 0.220 e. The molecule has 0 aromatic heterocycles. The van der Waals surface area contributed by atoms with E-state index in [-0.39, 0.29) is 5.91 Å². The molecule has 0 aromatic carbocycles. The number of hydrogen-bond donors (Lipinski definition) is 2. The van der Waals surface area contributed by atoms with Gasteiger partial charge in [0.1, 0.15) is 0 Å². The summed E-state index contributed by atoms with van der Waals surface area (Å²) in [6.45, 7) is 2.90. The number of rotatable bonds is 8. The molecule has 1 saturated carbocycles. The molecule has 1 fully saturated rings. The van der Waals surface area contributed by atoms with Crippen LogP contribution in [0.5, 0.6) is 0 Å². The van der Waals surface area contributed by atoms with E-state index in [0.717, 1.165) is 38.1 Å². The molecule has 1 rings (SSSR count). The Morgan fingerprint density at radius 3 is 2.56 bits per heavy atom. The monoisotopic (exact) mass is 226 g/mol. The fraction of sp³-hybridized carbons (Fsp3) is 0.923. The topological polar surface area (TPSA) is 55.1 Å². The second kappa shape index (κ2) is 7.66. The van der Waals surface area contributed by atoms with Crippen molar-refractivity contribution in [3.05, 3.63) is 0 Å². The van der Waals surface area contributed by atoms with Crippen molar-refractivity contribution in [1.29, 1.82) is 0 Å². The van der Waals surface area contributed by atoms with Gasteiger partial charge in [-0.3, -0.25) is 4.79 Å². The third-order valence-electron chi connectivity index (χ3n) is 3.60. The minimum Gasteiger partial charge on any atom is -0.353 e. The fourth-order valence-corrected chi connectivity index (χ4v) is 2.17. The highest BCUT2D eigenvalue weighted by Crippen LogP contribution is 2.29. The number of nitrogens with two attached hydrogens (primary N) is 1. The molecule has 16 heavy (non-hydrogen) atoms. The molecule has 3 N–H and O–H groups in total. The van der Waals surface area contributed by atoms with Crippen LogP contribution < -0.4 is 11.1 Å². The number of unbranched alkanes of at least 4 members (excludes halogenated alkanes) is 3. The highest BCUT2D eigenvalue weighted by molar-refractivity contribution is 5.76. The van der Waals surface area contributed by atoms with E-state index in [1.807, 2.05) is 0 Å². The molecule has 1 aliphatic rings. The molecular weight excluding hydrogens is 200 g/mol. The van der Waals surface area contributed by atoms with Crippen molar-refractivity contribution in [2.24, 2.45) is 11.7 Å². The standard InChI is InChI=1S/C13H26N2O/c1-11(12-7-6-8-12)15-13(16)9-4-2-3-5-10-14/h11-12H,2-10,14H2,1H3,(H,15,16). The summed E-state index contributed by atoms with van der Waals surface area (Å²) in [4.78, 5) is 11.6. The Bertz CT molecular complexity index is 202. The van der Waals surface area contributed by atoms with E-state index in [2.05, 4.69) is 12.2 Å². The Morgan fingerprint density at radius 1 is 1.31 bits per heavy atom. The Labute approximate surface area is 99.2 Å². The lowest BCUT2D eigenvalue weighted by atomic mass is 9.80. The van der Waals surface area contributed by atoms with E-state index >= 15 is 0 Å². The maximum absolute atomic E-state index is 11.6. The quantitative estimate of drug-likeness (QED) is 0.623. The summed E-state index contributed by atoms with van der Waals surface area (Å²) in [5, 5.41) is 3.11. The van der Waals surface area contributed by atoms with Gasteiger partial charge in [0.25, 0.3) is 0 Å². The molecule has 0 aliphatic heterocycles. The normalized spacial score (nSPS) is 17.9. The van der Waals surface area contributed by atoms with Gasteiger partial charge in [0, 0.05) is 12.5 Å². The van der Waals surface area contributed by atoms with Gasteiger partial charge in [-0.15, -0.1) is 0 Å². The first-order valence-corrected chi connectivity index (χ1v) is 6.73. The summed E-state index contributed by atoms with van der Waals surface area (Å²) < 4.78 is 0. The second-order valence-electron chi connectivity index (χ2n) is 5.00. The van der Waals surface area contributed by atoms with Crippen LogP contribution in [-0.4, -0.2) is 18.5 Å². The van der Waals surface area contributed by atoms with Crippen molar-refractivity contribution in [1.82, 2.24) is 5.32 Å². The molecule has 1 unspecified atom stereocenters. The molecule has 0 spiro atoms. The minimum absolute atomic E-state index is 0.229. The van der Waals surface area contributed by atoms with Crippen LogP contribution in [0.4, 0.5) is 0 Å². The van der Waals surface area contributed by atoms with Gasteiger partial charge >= 0.3 is 0 Å². The van der Waals surface area contributed by atoms with Crippen LogP contribution in [0.25, 0.3) is 0 Å². The van der Waals surface area contributed by atoms with Gasteiger partial charge in [-0.05, 0) is 45.1 Å². The van der Waals surface area contributed by atoms with Gasteiger partial charge in [0.05, 0.1) is 0 Å². The second-order valence-corrected chi connectivity index (χ2v) is 5.00. The Balaban J connectivity index is 1.97. The van der Waals surface area contributed by atoms with Crippen molar-refractivity contribution in [3.63, 3.8) is 0 Å². The van der Waals surface area contributed by atoms with Crippen molar-refractivity contribution in [2.45, 2.75) is 64.3 Å². The molecule has 0 bridgehead atoms. The third kappa shape index (κ3) is 4.97. The molecule has 0 radical (unpaired) electrons. The molecule has 3 heteroatoms. The van der Waals surface area contributed by atoms with Crippen molar-refractivity contribution in [2.75, 3.05) is 6.54 Å². The SMILES string of the molecule is CC(NC(=O)CCCCCCN)C1CCC1. The van der Waals surface area contributed by atoms with E-state index in [1.54, 1.807) is 0 Å². The lowest BCUT2D eigenvalue weighted by Gasteiger charge is -2.31. The van der Waals surface area contributed by atoms with Crippen molar-refractivity contribution in [3.8, 4) is 0 Å². The molecule has 3 nitrogen and oxygen atoms in total. The van der Waals surface area contributed by atoms with E-state index in [9.17, 15) is 4.79 Å². The third-order valence-corrected chi connectivity index (χ3v) is 3.60. The van der Waals surface area contributed by atoms with Crippen LogP contribution in [0.15, 0.2) is 0 Å². The van der Waals surface area contributed by atoms with Crippen LogP contribution in [0, 0.1) is 5.92 Å². The summed E-state index contributed by atoms with van der Waals surface area (Å²) in [5.41, 5.74) is 5.41. The van der Waals surface area contributed by atoms with Crippen LogP contribution in [0.2, 0.25) is 0 Å². The lowest BCUT2D eigenvalue weighted by Crippen LogP contribution is -2.40. The molecule has 94 valence electrons. The van der Waals surface area contributed by atoms with Crippen LogP contribution in [-0.2, 0) is 4.79 Å². The highest BCUT2D eigenvalue weighted by Gasteiger charge is 2.24. The zero-order valence-electron chi connectivity index (χ0n) is 10.5. The molecule has 0 saturated heterocycles. The van der Waals surface area contributed by atoms with E-state index < -0.39 is 0 Å². The average Bonchev–Trinajstić information content (AvgIpc) is 2.14. The first-order chi connectivity index (χ1) is 7.74. The highest BCUT2D eigenvalue weighted by atomic mass is 16.1. The van der Waals surface area contributed by atoms with Crippen molar-refractivity contribution >= 4 is 5.91 Å². The molecule has 0 aromatic rings. The predicted octanol–water partition coefficient (Wildman–Crippen LogP) is 2.20. The van der Waals surface area contributed by atoms with Crippen molar-refractivity contribution < 1.29 is 4.79 Å². The number of hydrogen-bond acceptors (Lipinski definition) is 2. The summed E-state index contributed by atoms with van der Waals surface area (Å²) in [6, 6.07) is 0.380. The molecule has 1 aliphatic carbocycles. The first kappa shape index (κ1) is 13.5. The van der Waals surface area contributed by atoms with E-state index in [0.29, 0.717) is 12.5 Å². The molecular formula is C13H26N2O. The zero-order valence-corrected chi connectivity index (χ0v) is 10.5. The first-order valence-electron chi connectivity index (χ1n) is 6.73. The molecule has 0 heterocycles. The number of nitrogens with one attached hydrogen (secondary N) is 1. The van der Waals surface area contributed by atoms with Gasteiger partial charge in [-0.1, -0.05) is 19.3 Å². The van der Waals surface area contributed by atoms with Gasteiger partial charge in [0.15, 0.2) is 0 Å². The zero-order chi connectivity index (χ0) is 11.8. The Morgan fingerprint density at radius 2 is 2.00 bits per heavy atom. The summed E-state index contributed by atoms with van der Waals surface area (Å²) in [6.07, 6.45) is 8.97. The van der Waals surface area contributed by atoms with Gasteiger partial charge in [0.2, 0.25) is 5.91 Å². The van der Waals surface area contributed by atoms with Gasteiger partial charge in [-0.2, -0.15) is 0 Å². The number of carbonyl (C=O) groups is 1. The predicted molar refractivity (Wildman–Crippen MR) is 67.1 cm³/mol. The van der Waals surface area contributed by atoms with Crippen LogP contribution >= 0.6 is 0 Å². The summed E-state index contributed by atoms with van der Waals surface area (Å²) in [7, 11) is 0. The molecule has 1 atom stereocenters. The lowest BCUT2D eigenvalue weighted by molar-refractivity contribution is -0.122. The Hall–Kier alpha value is -0.570. The summed E-state index contributed by atoms with van der Waals surface area (Å²) >= 11 is 0. The maximum atomic E-state index is 11.6. The van der Waals surface area contributed by atoms with Crippen LogP contribution in [0.1, 0.15) is 58.3 Å². The summed E-state index contributed by atoms with van der Waals surface area (Å²) in [5.74, 6) is 0.966. The number of carbonyl (C=O) groups excluding carboxylic acids is 1. The average molecular weight is 226 g/mol. The van der Waals surface area contributed by atoms with Gasteiger partial charge in [-0.25, -0.2) is 0 Å².